The molecule has 7 heteroatoms. The van der Waals surface area contributed by atoms with E-state index in [9.17, 15) is 0 Å². The number of rotatable bonds is 2. The maximum Gasteiger partial charge on any atom is 0.258 e. The lowest BCUT2D eigenvalue weighted by Crippen LogP contribution is -1.92. The molecule has 0 N–H and O–H groups in total. The van der Waals surface area contributed by atoms with E-state index in [0.717, 1.165) is 0 Å². The lowest BCUT2D eigenvalue weighted by atomic mass is 10.2. The summed E-state index contributed by atoms with van der Waals surface area (Å²) < 4.78 is 6.97. The van der Waals surface area contributed by atoms with Crippen LogP contribution in [0.2, 0.25) is 0 Å². The number of imidazole rings is 1. The van der Waals surface area contributed by atoms with Crippen LogP contribution in [0, 0.1) is 11.3 Å². The van der Waals surface area contributed by atoms with E-state index in [1.807, 2.05) is 13.1 Å². The summed E-state index contributed by atoms with van der Waals surface area (Å²) >= 11 is 0. The Morgan fingerprint density at radius 2 is 2.21 bits per heavy atom. The van der Waals surface area contributed by atoms with Gasteiger partial charge in [0.2, 0.25) is 5.82 Å². The van der Waals surface area contributed by atoms with Gasteiger partial charge in [0, 0.05) is 31.2 Å². The van der Waals surface area contributed by atoms with Gasteiger partial charge in [-0.25, -0.2) is 9.97 Å². The molecule has 3 heterocycles. The van der Waals surface area contributed by atoms with Crippen LogP contribution in [-0.2, 0) is 7.05 Å². The highest BCUT2D eigenvalue weighted by Gasteiger charge is 2.14. The molecule has 3 aromatic heterocycles. The van der Waals surface area contributed by atoms with E-state index in [0.29, 0.717) is 28.8 Å². The Bertz CT molecular complexity index is 766. The van der Waals surface area contributed by atoms with Crippen LogP contribution in [0.5, 0.6) is 0 Å². The third kappa shape index (κ3) is 1.95. The summed E-state index contributed by atoms with van der Waals surface area (Å²) in [5.41, 5.74) is 0.953. The van der Waals surface area contributed by atoms with E-state index < -0.39 is 0 Å². The summed E-state index contributed by atoms with van der Waals surface area (Å²) in [6.07, 6.45) is 4.98. The van der Waals surface area contributed by atoms with Crippen molar-refractivity contribution in [1.29, 1.82) is 5.26 Å². The molecular weight excluding hydrogens is 244 g/mol. The molecule has 0 spiro atoms. The van der Waals surface area contributed by atoms with Crippen LogP contribution in [0.1, 0.15) is 5.69 Å². The first-order valence-electron chi connectivity index (χ1n) is 5.46. The Labute approximate surface area is 108 Å². The van der Waals surface area contributed by atoms with Crippen molar-refractivity contribution < 1.29 is 4.52 Å². The normalized spacial score (nSPS) is 10.3. The molecule has 19 heavy (non-hydrogen) atoms. The molecule has 7 nitrogen and oxygen atoms in total. The van der Waals surface area contributed by atoms with Crippen LogP contribution in [0.25, 0.3) is 23.1 Å². The lowest BCUT2D eigenvalue weighted by molar-refractivity contribution is 0.431. The zero-order valence-electron chi connectivity index (χ0n) is 9.98. The van der Waals surface area contributed by atoms with Gasteiger partial charge in [0.1, 0.15) is 11.8 Å². The molecule has 3 rings (SSSR count). The number of nitrogens with zero attached hydrogens (tertiary/aromatic N) is 6. The fourth-order valence-electron chi connectivity index (χ4n) is 1.64. The minimum atomic E-state index is 0.300. The SMILES string of the molecule is Cn1ccnc1-c1noc(-c2ccnc(C#N)c2)n1. The van der Waals surface area contributed by atoms with Gasteiger partial charge in [-0.05, 0) is 12.1 Å². The Hall–Kier alpha value is -3.01. The molecule has 92 valence electrons. The van der Waals surface area contributed by atoms with E-state index in [2.05, 4.69) is 20.1 Å². The lowest BCUT2D eigenvalue weighted by Gasteiger charge is -1.94. The van der Waals surface area contributed by atoms with Gasteiger partial charge < -0.3 is 9.09 Å². The second-order valence-corrected chi connectivity index (χ2v) is 3.83. The van der Waals surface area contributed by atoms with Crippen molar-refractivity contribution in [3.05, 3.63) is 36.4 Å². The van der Waals surface area contributed by atoms with Crippen LogP contribution in [0.4, 0.5) is 0 Å². The molecule has 0 aliphatic carbocycles. The molecule has 0 saturated heterocycles. The number of hydrogen-bond donors (Lipinski definition) is 0. The average Bonchev–Trinajstić information content (AvgIpc) is 3.07. The summed E-state index contributed by atoms with van der Waals surface area (Å²) in [5, 5.41) is 12.7. The maximum absolute atomic E-state index is 8.81. The molecule has 0 saturated carbocycles. The Kier molecular flexibility index (Phi) is 2.54. The standard InChI is InChI=1S/C12H8N6O/c1-18-5-4-15-11(18)10-16-12(19-17-10)8-2-3-14-9(6-8)7-13/h2-6H,1H3. The van der Waals surface area contributed by atoms with Crippen LogP contribution in [0.15, 0.2) is 35.2 Å². The zero-order valence-corrected chi connectivity index (χ0v) is 9.98. The number of hydrogen-bond acceptors (Lipinski definition) is 6. The second kappa shape index (κ2) is 4.34. The van der Waals surface area contributed by atoms with Gasteiger partial charge in [0.25, 0.3) is 5.89 Å². The average molecular weight is 252 g/mol. The maximum atomic E-state index is 8.81. The fraction of sp³-hybridized carbons (Fsp3) is 0.0833. The molecule has 0 aliphatic rings. The molecule has 3 aromatic rings. The predicted molar refractivity (Wildman–Crippen MR) is 64.4 cm³/mol. The van der Waals surface area contributed by atoms with Gasteiger partial charge in [0.05, 0.1) is 0 Å². The van der Waals surface area contributed by atoms with Crippen LogP contribution in [-0.4, -0.2) is 24.7 Å². The fourth-order valence-corrected chi connectivity index (χ4v) is 1.64. The molecule has 0 amide bonds. The summed E-state index contributed by atoms with van der Waals surface area (Å²) in [7, 11) is 1.85. The van der Waals surface area contributed by atoms with Gasteiger partial charge in [-0.1, -0.05) is 5.16 Å². The molecule has 0 unspecified atom stereocenters. The van der Waals surface area contributed by atoms with E-state index in [1.54, 1.807) is 29.1 Å². The minimum Gasteiger partial charge on any atom is -0.333 e. The summed E-state index contributed by atoms with van der Waals surface area (Å²) in [6, 6.07) is 5.26. The predicted octanol–water partition coefficient (Wildman–Crippen LogP) is 1.40. The van der Waals surface area contributed by atoms with Crippen molar-refractivity contribution >= 4 is 0 Å². The van der Waals surface area contributed by atoms with Crippen molar-refractivity contribution in [2.75, 3.05) is 0 Å². The van der Waals surface area contributed by atoms with Crippen molar-refractivity contribution in [3.63, 3.8) is 0 Å². The third-order valence-electron chi connectivity index (χ3n) is 2.57. The summed E-state index contributed by atoms with van der Waals surface area (Å²) in [5.74, 6) is 1.35. The van der Waals surface area contributed by atoms with Crippen molar-refractivity contribution in [3.8, 4) is 29.2 Å². The Balaban J connectivity index is 2.02. The molecule has 0 aromatic carbocycles. The van der Waals surface area contributed by atoms with E-state index in [-0.39, 0.29) is 0 Å². The minimum absolute atomic E-state index is 0.300. The molecule has 0 fully saturated rings. The van der Waals surface area contributed by atoms with E-state index in [1.165, 1.54) is 6.20 Å². The molecule has 0 radical (unpaired) electrons. The number of aromatic nitrogens is 5. The number of pyridine rings is 1. The van der Waals surface area contributed by atoms with Crippen LogP contribution >= 0.6 is 0 Å². The molecule has 0 aliphatic heterocycles. The first-order valence-corrected chi connectivity index (χ1v) is 5.46. The quantitative estimate of drug-likeness (QED) is 0.684. The topological polar surface area (TPSA) is 93.4 Å². The summed E-state index contributed by atoms with van der Waals surface area (Å²) in [4.78, 5) is 12.3. The van der Waals surface area contributed by atoms with Gasteiger partial charge in [-0.2, -0.15) is 10.2 Å². The second-order valence-electron chi connectivity index (χ2n) is 3.83. The van der Waals surface area contributed by atoms with Gasteiger partial charge in [0.15, 0.2) is 5.82 Å². The smallest absolute Gasteiger partial charge is 0.258 e. The first-order chi connectivity index (χ1) is 9.28. The first kappa shape index (κ1) is 11.1. The summed E-state index contributed by atoms with van der Waals surface area (Å²) in [6.45, 7) is 0. The van der Waals surface area contributed by atoms with Crippen molar-refractivity contribution in [2.45, 2.75) is 0 Å². The number of aryl methyl sites for hydroxylation is 1. The van der Waals surface area contributed by atoms with E-state index >= 15 is 0 Å². The largest absolute Gasteiger partial charge is 0.333 e. The van der Waals surface area contributed by atoms with Gasteiger partial charge in [-0.15, -0.1) is 0 Å². The highest BCUT2D eigenvalue weighted by atomic mass is 16.5. The Morgan fingerprint density at radius 1 is 1.32 bits per heavy atom. The van der Waals surface area contributed by atoms with Gasteiger partial charge >= 0.3 is 0 Å². The molecule has 0 atom stereocenters. The third-order valence-corrected chi connectivity index (χ3v) is 2.57. The highest BCUT2D eigenvalue weighted by molar-refractivity contribution is 5.57. The van der Waals surface area contributed by atoms with Crippen molar-refractivity contribution in [2.24, 2.45) is 7.05 Å². The number of nitriles is 1. The monoisotopic (exact) mass is 252 g/mol. The molecular formula is C12H8N6O. The zero-order chi connectivity index (χ0) is 13.2. The Morgan fingerprint density at radius 3 is 2.95 bits per heavy atom. The van der Waals surface area contributed by atoms with Crippen molar-refractivity contribution in [1.82, 2.24) is 24.7 Å². The van der Waals surface area contributed by atoms with Gasteiger partial charge in [-0.3, -0.25) is 0 Å². The highest BCUT2D eigenvalue weighted by Crippen LogP contribution is 2.20. The van der Waals surface area contributed by atoms with Crippen LogP contribution in [0.3, 0.4) is 0 Å². The molecule has 0 bridgehead atoms. The van der Waals surface area contributed by atoms with E-state index in [4.69, 9.17) is 9.78 Å². The van der Waals surface area contributed by atoms with Crippen LogP contribution < -0.4 is 0 Å².